The van der Waals surface area contributed by atoms with Crippen LogP contribution in [0.25, 0.3) is 10.4 Å². The number of hydrogen-bond acceptors (Lipinski definition) is 8. The number of sulfone groups is 1. The Morgan fingerprint density at radius 3 is 2.21 bits per heavy atom. The molecular formula is C23H21NO7S2. The average molecular weight is 488 g/mol. The maximum Gasteiger partial charge on any atom is 0.350 e. The van der Waals surface area contributed by atoms with Crippen molar-refractivity contribution >= 4 is 44.7 Å². The molecule has 0 saturated heterocycles. The van der Waals surface area contributed by atoms with Gasteiger partial charge in [0.1, 0.15) is 4.88 Å². The van der Waals surface area contributed by atoms with Gasteiger partial charge in [-0.05, 0) is 42.8 Å². The number of ether oxygens (including phenoxy) is 2. The molecule has 0 radical (unpaired) electrons. The monoisotopic (exact) mass is 487 g/mol. The lowest BCUT2D eigenvalue weighted by molar-refractivity contribution is -0.119. The van der Waals surface area contributed by atoms with Gasteiger partial charge in [0.2, 0.25) is 0 Å². The number of benzene rings is 2. The van der Waals surface area contributed by atoms with Crippen molar-refractivity contribution in [3.63, 3.8) is 0 Å². The van der Waals surface area contributed by atoms with E-state index in [1.807, 2.05) is 30.3 Å². The molecule has 33 heavy (non-hydrogen) atoms. The lowest BCUT2D eigenvalue weighted by Gasteiger charge is -2.07. The van der Waals surface area contributed by atoms with E-state index < -0.39 is 34.3 Å². The number of carbonyl (C=O) groups is 3. The first-order chi connectivity index (χ1) is 15.7. The van der Waals surface area contributed by atoms with Crippen LogP contribution in [-0.2, 0) is 24.1 Å². The molecule has 8 nitrogen and oxygen atoms in total. The molecule has 1 aromatic heterocycles. The number of anilines is 1. The summed E-state index contributed by atoms with van der Waals surface area (Å²) in [5.41, 5.74) is 1.23. The molecule has 0 spiro atoms. The van der Waals surface area contributed by atoms with Gasteiger partial charge in [0.05, 0.1) is 22.8 Å². The molecule has 2 aromatic carbocycles. The summed E-state index contributed by atoms with van der Waals surface area (Å²) in [6.45, 7) is 1.27. The zero-order valence-electron chi connectivity index (χ0n) is 17.9. The Hall–Kier alpha value is -3.50. The van der Waals surface area contributed by atoms with Crippen LogP contribution in [0, 0.1) is 0 Å². The molecule has 0 aliphatic carbocycles. The Kier molecular flexibility index (Phi) is 7.62. The molecule has 1 heterocycles. The van der Waals surface area contributed by atoms with E-state index in [0.29, 0.717) is 0 Å². The van der Waals surface area contributed by atoms with Crippen LogP contribution in [0.1, 0.15) is 27.0 Å². The molecule has 0 atom stereocenters. The molecule has 10 heteroatoms. The molecule has 1 amide bonds. The van der Waals surface area contributed by atoms with Crippen molar-refractivity contribution in [1.29, 1.82) is 0 Å². The number of carbonyl (C=O) groups excluding carboxylic acids is 3. The predicted octanol–water partition coefficient (Wildman–Crippen LogP) is 3.79. The first-order valence-corrected chi connectivity index (χ1v) is 12.5. The Labute approximate surface area is 195 Å². The molecule has 3 rings (SSSR count). The van der Waals surface area contributed by atoms with Gasteiger partial charge in [0.15, 0.2) is 16.4 Å². The molecular weight excluding hydrogens is 466 g/mol. The van der Waals surface area contributed by atoms with Crippen molar-refractivity contribution in [2.45, 2.75) is 11.8 Å². The van der Waals surface area contributed by atoms with E-state index in [1.165, 1.54) is 35.6 Å². The van der Waals surface area contributed by atoms with Gasteiger partial charge in [-0.15, -0.1) is 11.3 Å². The second-order valence-corrected chi connectivity index (χ2v) is 9.93. The number of thiophene rings is 1. The number of amides is 1. The minimum absolute atomic E-state index is 0.0648. The van der Waals surface area contributed by atoms with Crippen LogP contribution in [0.3, 0.4) is 0 Å². The molecule has 0 aliphatic rings. The fourth-order valence-corrected chi connectivity index (χ4v) is 4.46. The van der Waals surface area contributed by atoms with Crippen molar-refractivity contribution in [1.82, 2.24) is 0 Å². The van der Waals surface area contributed by atoms with E-state index in [-0.39, 0.29) is 27.6 Å². The van der Waals surface area contributed by atoms with Gasteiger partial charge in [-0.1, -0.05) is 30.3 Å². The second-order valence-electron chi connectivity index (χ2n) is 6.86. The highest BCUT2D eigenvalue weighted by atomic mass is 32.2. The van der Waals surface area contributed by atoms with Gasteiger partial charge in [-0.3, -0.25) is 4.79 Å². The third-order valence-corrected chi connectivity index (χ3v) is 6.67. The van der Waals surface area contributed by atoms with Crippen molar-refractivity contribution in [2.24, 2.45) is 0 Å². The highest BCUT2D eigenvalue weighted by molar-refractivity contribution is 7.90. The lowest BCUT2D eigenvalue weighted by atomic mass is 10.2. The summed E-state index contributed by atoms with van der Waals surface area (Å²) >= 11 is 1.18. The van der Waals surface area contributed by atoms with Crippen LogP contribution in [0.5, 0.6) is 0 Å². The Morgan fingerprint density at radius 2 is 1.61 bits per heavy atom. The summed E-state index contributed by atoms with van der Waals surface area (Å²) in [5.74, 6) is -1.99. The van der Waals surface area contributed by atoms with Crippen molar-refractivity contribution in [3.05, 3.63) is 71.1 Å². The molecule has 172 valence electrons. The maximum absolute atomic E-state index is 12.4. The van der Waals surface area contributed by atoms with Crippen molar-refractivity contribution < 1.29 is 32.3 Å². The van der Waals surface area contributed by atoms with E-state index in [0.717, 1.165) is 16.7 Å². The zero-order valence-corrected chi connectivity index (χ0v) is 19.5. The summed E-state index contributed by atoms with van der Waals surface area (Å²) in [4.78, 5) is 38.0. The van der Waals surface area contributed by atoms with Gasteiger partial charge in [-0.2, -0.15) is 0 Å². The normalized spacial score (nSPS) is 11.0. The van der Waals surface area contributed by atoms with E-state index in [1.54, 1.807) is 13.0 Å². The second kappa shape index (κ2) is 10.4. The standard InChI is InChI=1S/C23H21NO7S2/c1-3-30-23(27)21-18(13-19(32-21)15-7-5-4-6-8-15)24-20(25)14-31-22(26)16-9-11-17(12-10-16)33(2,28)29/h4-13H,3,14H2,1-2H3,(H,24,25). The number of hydrogen-bond donors (Lipinski definition) is 1. The SMILES string of the molecule is CCOC(=O)c1sc(-c2ccccc2)cc1NC(=O)COC(=O)c1ccc(S(C)(=O)=O)cc1. The zero-order chi connectivity index (χ0) is 24.0. The summed E-state index contributed by atoms with van der Waals surface area (Å²) in [6, 6.07) is 16.2. The Morgan fingerprint density at radius 1 is 0.939 bits per heavy atom. The lowest BCUT2D eigenvalue weighted by Crippen LogP contribution is -2.21. The first-order valence-electron chi connectivity index (χ1n) is 9.82. The third kappa shape index (κ3) is 6.27. The van der Waals surface area contributed by atoms with Crippen LogP contribution in [0.2, 0.25) is 0 Å². The van der Waals surface area contributed by atoms with Crippen LogP contribution in [0.15, 0.2) is 65.6 Å². The van der Waals surface area contributed by atoms with Crippen molar-refractivity contribution in [2.75, 3.05) is 24.8 Å². The van der Waals surface area contributed by atoms with Crippen LogP contribution < -0.4 is 5.32 Å². The Bertz CT molecular complexity index is 1260. The smallest absolute Gasteiger partial charge is 0.350 e. The summed E-state index contributed by atoms with van der Waals surface area (Å²) in [6.07, 6.45) is 1.06. The topological polar surface area (TPSA) is 116 Å². The summed E-state index contributed by atoms with van der Waals surface area (Å²) in [7, 11) is -3.39. The van der Waals surface area contributed by atoms with E-state index in [4.69, 9.17) is 9.47 Å². The quantitative estimate of drug-likeness (QED) is 0.481. The highest BCUT2D eigenvalue weighted by Crippen LogP contribution is 2.35. The fraction of sp³-hybridized carbons (Fsp3) is 0.174. The van der Waals surface area contributed by atoms with Gasteiger partial charge < -0.3 is 14.8 Å². The first kappa shape index (κ1) is 24.1. The average Bonchev–Trinajstić information content (AvgIpc) is 3.21. The highest BCUT2D eigenvalue weighted by Gasteiger charge is 2.21. The van der Waals surface area contributed by atoms with Crippen molar-refractivity contribution in [3.8, 4) is 10.4 Å². The molecule has 0 saturated carbocycles. The van der Waals surface area contributed by atoms with Gasteiger partial charge >= 0.3 is 11.9 Å². The number of esters is 2. The summed E-state index contributed by atoms with van der Waals surface area (Å²) < 4.78 is 33.1. The predicted molar refractivity (Wildman–Crippen MR) is 124 cm³/mol. The van der Waals surface area contributed by atoms with E-state index in [2.05, 4.69) is 5.32 Å². The van der Waals surface area contributed by atoms with Gasteiger partial charge in [0.25, 0.3) is 5.91 Å². The molecule has 0 aliphatic heterocycles. The van der Waals surface area contributed by atoms with Crippen LogP contribution in [0.4, 0.5) is 5.69 Å². The van der Waals surface area contributed by atoms with Crippen LogP contribution >= 0.6 is 11.3 Å². The number of nitrogens with one attached hydrogen (secondary N) is 1. The largest absolute Gasteiger partial charge is 0.462 e. The maximum atomic E-state index is 12.4. The van der Waals surface area contributed by atoms with E-state index in [9.17, 15) is 22.8 Å². The van der Waals surface area contributed by atoms with Gasteiger partial charge in [-0.25, -0.2) is 18.0 Å². The third-order valence-electron chi connectivity index (χ3n) is 4.38. The minimum atomic E-state index is -3.39. The van der Waals surface area contributed by atoms with Gasteiger partial charge in [0, 0.05) is 11.1 Å². The molecule has 0 fully saturated rings. The minimum Gasteiger partial charge on any atom is -0.462 e. The summed E-state index contributed by atoms with van der Waals surface area (Å²) in [5, 5.41) is 2.59. The molecule has 0 bridgehead atoms. The Balaban J connectivity index is 1.69. The van der Waals surface area contributed by atoms with Crippen LogP contribution in [-0.4, -0.2) is 45.7 Å². The molecule has 0 unspecified atom stereocenters. The molecule has 1 N–H and O–H groups in total. The number of rotatable bonds is 8. The molecule has 3 aromatic rings. The fourth-order valence-electron chi connectivity index (χ4n) is 2.82. The van der Waals surface area contributed by atoms with E-state index >= 15 is 0 Å².